The summed E-state index contributed by atoms with van der Waals surface area (Å²) in [6.07, 6.45) is -4.46. The summed E-state index contributed by atoms with van der Waals surface area (Å²) < 4.78 is 38.8. The second-order valence-corrected chi connectivity index (χ2v) is 4.95. The molecule has 0 amide bonds. The molecule has 21 heavy (non-hydrogen) atoms. The van der Waals surface area contributed by atoms with E-state index in [9.17, 15) is 13.2 Å². The van der Waals surface area contributed by atoms with Crippen molar-refractivity contribution in [1.29, 1.82) is 0 Å². The van der Waals surface area contributed by atoms with Crippen molar-refractivity contribution in [1.82, 2.24) is 0 Å². The molecule has 0 atom stereocenters. The lowest BCUT2D eigenvalue weighted by atomic mass is 10.1. The zero-order chi connectivity index (χ0) is 15.5. The quantitative estimate of drug-likeness (QED) is 0.873. The average Bonchev–Trinajstić information content (AvgIpc) is 2.45. The van der Waals surface area contributed by atoms with Gasteiger partial charge in [0.15, 0.2) is 0 Å². The van der Waals surface area contributed by atoms with Crippen molar-refractivity contribution in [2.24, 2.45) is 0 Å². The molecule has 2 aromatic carbocycles. The van der Waals surface area contributed by atoms with Gasteiger partial charge in [0.25, 0.3) is 0 Å². The summed E-state index contributed by atoms with van der Waals surface area (Å²) in [7, 11) is 0. The van der Waals surface area contributed by atoms with Gasteiger partial charge in [-0.25, -0.2) is 0 Å². The van der Waals surface area contributed by atoms with Gasteiger partial charge in [-0.2, -0.15) is 13.2 Å². The lowest BCUT2D eigenvalue weighted by Crippen LogP contribution is -2.10. The normalized spacial score (nSPS) is 11.5. The number of rotatable bonds is 4. The van der Waals surface area contributed by atoms with Gasteiger partial charge in [-0.05, 0) is 29.3 Å². The van der Waals surface area contributed by atoms with E-state index in [1.54, 1.807) is 24.3 Å². The second-order valence-electron chi connectivity index (χ2n) is 4.52. The molecule has 2 nitrogen and oxygen atoms in total. The molecule has 0 unspecified atom stereocenters. The molecule has 0 fully saturated rings. The SMILES string of the molecule is OCc1ccc(CNc2ccc(Cl)cc2C(F)(F)F)cc1. The fourth-order valence-electron chi connectivity index (χ4n) is 1.86. The molecule has 0 aromatic heterocycles. The number of benzene rings is 2. The van der Waals surface area contributed by atoms with Crippen molar-refractivity contribution in [3.63, 3.8) is 0 Å². The predicted molar refractivity (Wildman–Crippen MR) is 76.1 cm³/mol. The number of anilines is 1. The van der Waals surface area contributed by atoms with E-state index in [0.717, 1.165) is 17.2 Å². The van der Waals surface area contributed by atoms with Crippen LogP contribution in [0.2, 0.25) is 5.02 Å². The first-order chi connectivity index (χ1) is 9.90. The molecule has 6 heteroatoms. The van der Waals surface area contributed by atoms with Gasteiger partial charge in [0.1, 0.15) is 0 Å². The first-order valence-corrected chi connectivity index (χ1v) is 6.57. The number of aliphatic hydroxyl groups excluding tert-OH is 1. The van der Waals surface area contributed by atoms with Crippen molar-refractivity contribution >= 4 is 17.3 Å². The zero-order valence-corrected chi connectivity index (χ0v) is 11.7. The number of nitrogens with one attached hydrogen (secondary N) is 1. The van der Waals surface area contributed by atoms with Crippen LogP contribution in [0.15, 0.2) is 42.5 Å². The summed E-state index contributed by atoms with van der Waals surface area (Å²) in [6.45, 7) is 0.180. The van der Waals surface area contributed by atoms with E-state index in [2.05, 4.69) is 5.32 Å². The molecule has 112 valence electrons. The van der Waals surface area contributed by atoms with E-state index >= 15 is 0 Å². The van der Waals surface area contributed by atoms with Crippen LogP contribution in [0, 0.1) is 0 Å². The minimum atomic E-state index is -4.46. The highest BCUT2D eigenvalue weighted by Gasteiger charge is 2.33. The Balaban J connectivity index is 2.15. The topological polar surface area (TPSA) is 32.3 Å². The lowest BCUT2D eigenvalue weighted by molar-refractivity contribution is -0.136. The molecule has 0 bridgehead atoms. The predicted octanol–water partition coefficient (Wildman–Crippen LogP) is 4.46. The van der Waals surface area contributed by atoms with Crippen LogP contribution in [0.5, 0.6) is 0 Å². The van der Waals surface area contributed by atoms with Crippen molar-refractivity contribution in [3.05, 3.63) is 64.2 Å². The summed E-state index contributed by atoms with van der Waals surface area (Å²) >= 11 is 5.62. The Labute approximate surface area is 125 Å². The van der Waals surface area contributed by atoms with E-state index in [0.29, 0.717) is 0 Å². The standard InChI is InChI=1S/C15H13ClF3NO/c16-12-5-6-14(13(7-12)15(17,18)19)20-8-10-1-3-11(9-21)4-2-10/h1-7,20-21H,8-9H2. The highest BCUT2D eigenvalue weighted by molar-refractivity contribution is 6.30. The van der Waals surface area contributed by atoms with Crippen LogP contribution < -0.4 is 5.32 Å². The second kappa shape index (κ2) is 6.37. The largest absolute Gasteiger partial charge is 0.418 e. The minimum Gasteiger partial charge on any atom is -0.392 e. The van der Waals surface area contributed by atoms with Crippen LogP contribution >= 0.6 is 11.6 Å². The van der Waals surface area contributed by atoms with E-state index in [1.807, 2.05) is 0 Å². The third-order valence-corrected chi connectivity index (χ3v) is 3.21. The first kappa shape index (κ1) is 15.7. The molecule has 0 saturated carbocycles. The van der Waals surface area contributed by atoms with Crippen LogP contribution in [0.4, 0.5) is 18.9 Å². The molecule has 0 aliphatic carbocycles. The number of alkyl halides is 3. The van der Waals surface area contributed by atoms with Crippen molar-refractivity contribution in [2.45, 2.75) is 19.3 Å². The molecule has 0 aliphatic rings. The Kier molecular flexibility index (Phi) is 4.75. The maximum atomic E-state index is 12.9. The summed E-state index contributed by atoms with van der Waals surface area (Å²) in [5.74, 6) is 0. The van der Waals surface area contributed by atoms with Gasteiger partial charge >= 0.3 is 6.18 Å². The van der Waals surface area contributed by atoms with E-state index in [1.165, 1.54) is 12.1 Å². The van der Waals surface area contributed by atoms with Gasteiger partial charge < -0.3 is 10.4 Å². The van der Waals surface area contributed by atoms with Gasteiger partial charge in [0, 0.05) is 17.3 Å². The maximum Gasteiger partial charge on any atom is 0.418 e. The Morgan fingerprint density at radius 1 is 1.00 bits per heavy atom. The third kappa shape index (κ3) is 4.12. The summed E-state index contributed by atoms with van der Waals surface area (Å²) in [5, 5.41) is 11.7. The Morgan fingerprint density at radius 2 is 1.62 bits per heavy atom. The number of halogens is 4. The fraction of sp³-hybridized carbons (Fsp3) is 0.200. The van der Waals surface area contributed by atoms with Gasteiger partial charge in [-0.15, -0.1) is 0 Å². The molecule has 0 heterocycles. The van der Waals surface area contributed by atoms with Crippen LogP contribution in [0.3, 0.4) is 0 Å². The van der Waals surface area contributed by atoms with Crippen molar-refractivity contribution < 1.29 is 18.3 Å². The zero-order valence-electron chi connectivity index (χ0n) is 10.9. The van der Waals surface area contributed by atoms with Crippen molar-refractivity contribution in [3.8, 4) is 0 Å². The highest BCUT2D eigenvalue weighted by Crippen LogP contribution is 2.36. The monoisotopic (exact) mass is 315 g/mol. The van der Waals surface area contributed by atoms with E-state index in [4.69, 9.17) is 16.7 Å². The third-order valence-electron chi connectivity index (χ3n) is 2.98. The Morgan fingerprint density at radius 3 is 2.19 bits per heavy atom. The maximum absolute atomic E-state index is 12.9. The Bertz CT molecular complexity index is 611. The molecule has 2 aromatic rings. The van der Waals surface area contributed by atoms with Gasteiger partial charge in [-0.3, -0.25) is 0 Å². The molecular formula is C15H13ClF3NO. The van der Waals surface area contributed by atoms with Crippen LogP contribution in [0.1, 0.15) is 16.7 Å². The van der Waals surface area contributed by atoms with Crippen LogP contribution in [-0.4, -0.2) is 5.11 Å². The number of hydrogen-bond donors (Lipinski definition) is 2. The molecule has 2 N–H and O–H groups in total. The number of aliphatic hydroxyl groups is 1. The van der Waals surface area contributed by atoms with E-state index < -0.39 is 11.7 Å². The van der Waals surface area contributed by atoms with Gasteiger partial charge in [0.05, 0.1) is 12.2 Å². The lowest BCUT2D eigenvalue weighted by Gasteiger charge is -2.15. The van der Waals surface area contributed by atoms with Gasteiger partial charge in [0.2, 0.25) is 0 Å². The first-order valence-electron chi connectivity index (χ1n) is 6.19. The molecule has 0 aliphatic heterocycles. The fourth-order valence-corrected chi connectivity index (χ4v) is 2.04. The minimum absolute atomic E-state index is 0.0156. The number of hydrogen-bond acceptors (Lipinski definition) is 2. The van der Waals surface area contributed by atoms with Crippen LogP contribution in [-0.2, 0) is 19.3 Å². The summed E-state index contributed by atoms with van der Waals surface area (Å²) in [4.78, 5) is 0. The molecule has 0 radical (unpaired) electrons. The highest BCUT2D eigenvalue weighted by atomic mass is 35.5. The molecule has 0 spiro atoms. The van der Waals surface area contributed by atoms with E-state index in [-0.39, 0.29) is 23.9 Å². The average molecular weight is 316 g/mol. The summed E-state index contributed by atoms with van der Waals surface area (Å²) in [6, 6.07) is 10.6. The molecule has 0 saturated heterocycles. The summed E-state index contributed by atoms with van der Waals surface area (Å²) in [5.41, 5.74) is 0.761. The smallest absolute Gasteiger partial charge is 0.392 e. The van der Waals surface area contributed by atoms with Crippen molar-refractivity contribution in [2.75, 3.05) is 5.32 Å². The van der Waals surface area contributed by atoms with Gasteiger partial charge in [-0.1, -0.05) is 35.9 Å². The Hall–Kier alpha value is -1.72. The van der Waals surface area contributed by atoms with Crippen LogP contribution in [0.25, 0.3) is 0 Å². The molecule has 2 rings (SSSR count). The molecular weight excluding hydrogens is 303 g/mol.